The minimum Gasteiger partial charge on any atom is -0.465 e. The van der Waals surface area contributed by atoms with Crippen LogP contribution in [0.25, 0.3) is 5.65 Å². The van der Waals surface area contributed by atoms with Crippen LogP contribution in [0.3, 0.4) is 0 Å². The molecule has 0 aliphatic carbocycles. The molecule has 0 atom stereocenters. The smallest absolute Gasteiger partial charge is 0.411 e. The number of hydrogen-bond donors (Lipinski definition) is 3. The van der Waals surface area contributed by atoms with Gasteiger partial charge in [-0.15, -0.1) is 10.2 Å². The molecule has 2 heterocycles. The van der Waals surface area contributed by atoms with Gasteiger partial charge >= 0.3 is 6.09 Å². The first kappa shape index (κ1) is 12.9. The third kappa shape index (κ3) is 2.59. The third-order valence-electron chi connectivity index (χ3n) is 2.83. The fraction of sp³-hybridized carbons (Fsp3) is 0.0769. The van der Waals surface area contributed by atoms with E-state index in [1.165, 1.54) is 4.40 Å². The van der Waals surface area contributed by atoms with Gasteiger partial charge in [-0.3, -0.25) is 9.72 Å². The van der Waals surface area contributed by atoms with E-state index in [2.05, 4.69) is 25.8 Å². The molecule has 1 aromatic carbocycles. The second-order valence-electron chi connectivity index (χ2n) is 4.42. The molecule has 0 unspecified atom stereocenters. The molecule has 3 aromatic rings. The summed E-state index contributed by atoms with van der Waals surface area (Å²) in [7, 11) is 0. The van der Waals surface area contributed by atoms with Crippen LogP contribution in [0.4, 0.5) is 22.2 Å². The molecule has 0 aliphatic rings. The molecule has 0 bridgehead atoms. The van der Waals surface area contributed by atoms with Crippen LogP contribution < -0.4 is 10.6 Å². The van der Waals surface area contributed by atoms with Gasteiger partial charge in [-0.25, -0.2) is 9.78 Å². The number of fused-ring (bicyclic) bond motifs is 1. The van der Waals surface area contributed by atoms with E-state index < -0.39 is 6.09 Å². The summed E-state index contributed by atoms with van der Waals surface area (Å²) in [5, 5.41) is 21.8. The van der Waals surface area contributed by atoms with Gasteiger partial charge in [-0.1, -0.05) is 12.1 Å². The largest absolute Gasteiger partial charge is 0.465 e. The van der Waals surface area contributed by atoms with Crippen LogP contribution in [0.1, 0.15) is 5.56 Å². The predicted molar refractivity (Wildman–Crippen MR) is 76.9 cm³/mol. The number of carboxylic acid groups (broad SMARTS) is 1. The van der Waals surface area contributed by atoms with Crippen molar-refractivity contribution in [3.05, 3.63) is 42.2 Å². The molecular formula is C13H12N6O2. The van der Waals surface area contributed by atoms with Crippen LogP contribution in [-0.2, 0) is 0 Å². The first-order valence-corrected chi connectivity index (χ1v) is 6.17. The van der Waals surface area contributed by atoms with Gasteiger partial charge in [0.1, 0.15) is 0 Å². The first-order valence-electron chi connectivity index (χ1n) is 6.17. The number of aromatic nitrogens is 4. The number of anilines is 3. The Morgan fingerprint density at radius 3 is 2.95 bits per heavy atom. The molecule has 0 aliphatic heterocycles. The van der Waals surface area contributed by atoms with Crippen molar-refractivity contribution >= 4 is 29.2 Å². The van der Waals surface area contributed by atoms with Gasteiger partial charge in [-0.2, -0.15) is 0 Å². The Morgan fingerprint density at radius 1 is 1.33 bits per heavy atom. The molecule has 0 fully saturated rings. The highest BCUT2D eigenvalue weighted by Crippen LogP contribution is 2.20. The summed E-state index contributed by atoms with van der Waals surface area (Å²) in [5.74, 6) is 0.612. The van der Waals surface area contributed by atoms with Crippen molar-refractivity contribution in [3.8, 4) is 0 Å². The van der Waals surface area contributed by atoms with Crippen molar-refractivity contribution < 1.29 is 9.90 Å². The second kappa shape index (κ2) is 5.08. The van der Waals surface area contributed by atoms with E-state index in [9.17, 15) is 4.79 Å². The van der Waals surface area contributed by atoms with Gasteiger partial charge in [0.05, 0.1) is 0 Å². The first-order chi connectivity index (χ1) is 10.1. The number of amides is 1. The van der Waals surface area contributed by atoms with E-state index in [0.29, 0.717) is 11.5 Å². The van der Waals surface area contributed by atoms with E-state index in [0.717, 1.165) is 11.3 Å². The predicted octanol–water partition coefficient (Wildman–Crippen LogP) is 2.27. The zero-order valence-corrected chi connectivity index (χ0v) is 11.1. The lowest BCUT2D eigenvalue weighted by Gasteiger charge is -2.07. The summed E-state index contributed by atoms with van der Waals surface area (Å²) in [4.78, 5) is 14.9. The maximum absolute atomic E-state index is 10.7. The maximum Gasteiger partial charge on any atom is 0.411 e. The summed E-state index contributed by atoms with van der Waals surface area (Å²) in [6.45, 7) is 1.99. The van der Waals surface area contributed by atoms with Crippen LogP contribution in [0.2, 0.25) is 0 Å². The highest BCUT2D eigenvalue weighted by atomic mass is 16.4. The van der Waals surface area contributed by atoms with Crippen molar-refractivity contribution in [1.82, 2.24) is 19.6 Å². The fourth-order valence-corrected chi connectivity index (χ4v) is 1.95. The zero-order valence-electron chi connectivity index (χ0n) is 11.1. The summed E-state index contributed by atoms with van der Waals surface area (Å²) in [5.41, 5.74) is 2.41. The van der Waals surface area contributed by atoms with E-state index in [4.69, 9.17) is 5.11 Å². The Hall–Kier alpha value is -3.16. The van der Waals surface area contributed by atoms with Crippen LogP contribution in [0.5, 0.6) is 0 Å². The molecule has 106 valence electrons. The van der Waals surface area contributed by atoms with Crippen molar-refractivity contribution in [1.29, 1.82) is 0 Å². The molecule has 21 heavy (non-hydrogen) atoms. The van der Waals surface area contributed by atoms with Gasteiger partial charge in [0.25, 0.3) is 0 Å². The van der Waals surface area contributed by atoms with Gasteiger partial charge in [-0.05, 0) is 24.6 Å². The van der Waals surface area contributed by atoms with Crippen molar-refractivity contribution in [2.75, 3.05) is 10.6 Å². The second-order valence-corrected chi connectivity index (χ2v) is 4.42. The minimum atomic E-state index is -1.20. The Morgan fingerprint density at radius 2 is 2.19 bits per heavy atom. The normalized spacial score (nSPS) is 10.5. The monoisotopic (exact) mass is 284 g/mol. The average molecular weight is 284 g/mol. The number of nitrogens with zero attached hydrogens (tertiary/aromatic N) is 4. The van der Waals surface area contributed by atoms with Crippen molar-refractivity contribution in [2.24, 2.45) is 0 Å². The number of hydrogen-bond acceptors (Lipinski definition) is 5. The molecule has 0 saturated carbocycles. The molecular weight excluding hydrogens is 272 g/mol. The fourth-order valence-electron chi connectivity index (χ4n) is 1.95. The number of rotatable bonds is 3. The minimum absolute atomic E-state index is 0.118. The molecule has 1 amide bonds. The van der Waals surface area contributed by atoms with Gasteiger partial charge in [0.15, 0.2) is 5.82 Å². The number of carbonyl (C=O) groups is 1. The van der Waals surface area contributed by atoms with Crippen LogP contribution in [0, 0.1) is 6.92 Å². The maximum atomic E-state index is 10.7. The molecule has 0 saturated heterocycles. The highest BCUT2D eigenvalue weighted by molar-refractivity contribution is 5.81. The topological polar surface area (TPSA) is 104 Å². The molecule has 8 heteroatoms. The Bertz CT molecular complexity index is 813. The van der Waals surface area contributed by atoms with Crippen LogP contribution >= 0.6 is 0 Å². The number of nitrogens with one attached hydrogen (secondary N) is 2. The van der Waals surface area contributed by atoms with Crippen molar-refractivity contribution in [2.45, 2.75) is 6.92 Å². The summed E-state index contributed by atoms with van der Waals surface area (Å²) in [6, 6.07) is 7.80. The number of aryl methyl sites for hydroxylation is 1. The zero-order chi connectivity index (χ0) is 14.8. The van der Waals surface area contributed by atoms with E-state index in [1.54, 1.807) is 12.4 Å². The van der Waals surface area contributed by atoms with Gasteiger partial charge in [0.2, 0.25) is 11.6 Å². The molecule has 2 aromatic heterocycles. The Kier molecular flexibility index (Phi) is 3.11. The lowest BCUT2D eigenvalue weighted by atomic mass is 10.2. The SMILES string of the molecule is Cc1cccc(Nc2nccn3c(NC(=O)O)nnc23)c1. The van der Waals surface area contributed by atoms with Crippen molar-refractivity contribution in [3.63, 3.8) is 0 Å². The van der Waals surface area contributed by atoms with Gasteiger partial charge in [0, 0.05) is 18.1 Å². The van der Waals surface area contributed by atoms with Crippen LogP contribution in [0.15, 0.2) is 36.7 Å². The molecule has 3 N–H and O–H groups in total. The summed E-state index contributed by atoms with van der Waals surface area (Å²) >= 11 is 0. The molecule has 8 nitrogen and oxygen atoms in total. The summed E-state index contributed by atoms with van der Waals surface area (Å²) in [6.07, 6.45) is 1.93. The summed E-state index contributed by atoms with van der Waals surface area (Å²) < 4.78 is 1.51. The van der Waals surface area contributed by atoms with E-state index in [-0.39, 0.29) is 5.95 Å². The molecule has 0 spiro atoms. The van der Waals surface area contributed by atoms with Crippen LogP contribution in [-0.4, -0.2) is 30.8 Å². The standard InChI is InChI=1S/C13H12N6O2/c1-8-3-2-4-9(7-8)15-10-11-17-18-12(16-13(20)21)19(11)6-5-14-10/h2-7H,1H3,(H,14,15)(H,16,18)(H,20,21). The third-order valence-corrected chi connectivity index (χ3v) is 2.83. The van der Waals surface area contributed by atoms with Gasteiger partial charge < -0.3 is 10.4 Å². The Labute approximate surface area is 119 Å². The van der Waals surface area contributed by atoms with E-state index >= 15 is 0 Å². The van der Waals surface area contributed by atoms with E-state index in [1.807, 2.05) is 31.2 Å². The lowest BCUT2D eigenvalue weighted by Crippen LogP contribution is -2.10. The highest BCUT2D eigenvalue weighted by Gasteiger charge is 2.12. The molecule has 3 rings (SSSR count). The average Bonchev–Trinajstić information content (AvgIpc) is 2.83. The lowest BCUT2D eigenvalue weighted by molar-refractivity contribution is 0.209. The Balaban J connectivity index is 1.99. The molecule has 0 radical (unpaired) electrons. The number of benzene rings is 1. The quantitative estimate of drug-likeness (QED) is 0.681.